The summed E-state index contributed by atoms with van der Waals surface area (Å²) in [4.78, 5) is 2.01. The van der Waals surface area contributed by atoms with Gasteiger partial charge in [0.2, 0.25) is 0 Å². The highest BCUT2D eigenvalue weighted by atomic mass is 16.5. The van der Waals surface area contributed by atoms with E-state index in [0.717, 1.165) is 17.0 Å². The maximum Gasteiger partial charge on any atom is 0.144 e. The number of nitrogen functional groups attached to an aromatic ring is 1. The van der Waals surface area contributed by atoms with Crippen LogP contribution in [0.4, 0.5) is 11.4 Å². The van der Waals surface area contributed by atoms with Crippen LogP contribution in [0.15, 0.2) is 36.4 Å². The normalized spacial score (nSPS) is 10.3. The zero-order chi connectivity index (χ0) is 15.4. The third kappa shape index (κ3) is 3.60. The third-order valence-electron chi connectivity index (χ3n) is 3.33. The number of benzene rings is 2. The fourth-order valence-corrected chi connectivity index (χ4v) is 2.10. The number of methoxy groups -OCH3 is 1. The summed E-state index contributed by atoms with van der Waals surface area (Å²) < 4.78 is 11.2. The SMILES string of the molecule is COc1ccc(C)cc1COc1cc(N(C)C)ccc1N. The molecule has 0 unspecified atom stereocenters. The molecule has 2 rings (SSSR count). The van der Waals surface area contributed by atoms with Crippen molar-refractivity contribution in [1.29, 1.82) is 0 Å². The Balaban J connectivity index is 2.20. The molecule has 0 bridgehead atoms. The molecule has 4 heteroatoms. The fraction of sp³-hybridized carbons (Fsp3) is 0.294. The van der Waals surface area contributed by atoms with E-state index in [9.17, 15) is 0 Å². The Hall–Kier alpha value is -2.36. The number of hydrogen-bond donors (Lipinski definition) is 1. The summed E-state index contributed by atoms with van der Waals surface area (Å²) in [7, 11) is 5.63. The lowest BCUT2D eigenvalue weighted by Gasteiger charge is -2.16. The molecule has 0 spiro atoms. The van der Waals surface area contributed by atoms with E-state index in [1.54, 1.807) is 7.11 Å². The van der Waals surface area contributed by atoms with Gasteiger partial charge in [-0.1, -0.05) is 11.6 Å². The second kappa shape index (κ2) is 6.39. The summed E-state index contributed by atoms with van der Waals surface area (Å²) in [6.45, 7) is 2.47. The number of ether oxygens (including phenoxy) is 2. The Morgan fingerprint density at radius 3 is 2.48 bits per heavy atom. The van der Waals surface area contributed by atoms with Crippen molar-refractivity contribution in [2.24, 2.45) is 0 Å². The first kappa shape index (κ1) is 15.0. The molecule has 0 atom stereocenters. The Bertz CT molecular complexity index is 624. The summed E-state index contributed by atoms with van der Waals surface area (Å²) in [6.07, 6.45) is 0. The van der Waals surface area contributed by atoms with Crippen LogP contribution in [0.1, 0.15) is 11.1 Å². The van der Waals surface area contributed by atoms with Crippen LogP contribution in [0.25, 0.3) is 0 Å². The lowest BCUT2D eigenvalue weighted by molar-refractivity contribution is 0.298. The van der Waals surface area contributed by atoms with Crippen molar-refractivity contribution in [1.82, 2.24) is 0 Å². The number of rotatable bonds is 5. The molecule has 0 heterocycles. The molecule has 0 aliphatic carbocycles. The molecule has 0 aliphatic rings. The fourth-order valence-electron chi connectivity index (χ4n) is 2.10. The summed E-state index contributed by atoms with van der Waals surface area (Å²) in [6, 6.07) is 11.8. The highest BCUT2D eigenvalue weighted by Crippen LogP contribution is 2.29. The molecule has 0 saturated carbocycles. The maximum absolute atomic E-state index is 5.98. The first-order valence-electron chi connectivity index (χ1n) is 6.84. The molecule has 112 valence electrons. The van der Waals surface area contributed by atoms with Crippen molar-refractivity contribution in [2.45, 2.75) is 13.5 Å². The Labute approximate surface area is 126 Å². The van der Waals surface area contributed by atoms with Crippen LogP contribution in [0.2, 0.25) is 0 Å². The van der Waals surface area contributed by atoms with Gasteiger partial charge in [-0.05, 0) is 31.2 Å². The number of aryl methyl sites for hydroxylation is 1. The first-order chi connectivity index (χ1) is 10.0. The van der Waals surface area contributed by atoms with Gasteiger partial charge in [0.1, 0.15) is 18.1 Å². The topological polar surface area (TPSA) is 47.7 Å². The van der Waals surface area contributed by atoms with E-state index < -0.39 is 0 Å². The van der Waals surface area contributed by atoms with Crippen LogP contribution in [0, 0.1) is 6.92 Å². The molecule has 4 nitrogen and oxygen atoms in total. The monoisotopic (exact) mass is 286 g/mol. The minimum Gasteiger partial charge on any atom is -0.496 e. The largest absolute Gasteiger partial charge is 0.496 e. The van der Waals surface area contributed by atoms with Gasteiger partial charge in [-0.2, -0.15) is 0 Å². The van der Waals surface area contributed by atoms with Gasteiger partial charge in [-0.25, -0.2) is 0 Å². The van der Waals surface area contributed by atoms with Crippen molar-refractivity contribution in [3.8, 4) is 11.5 Å². The molecule has 0 saturated heterocycles. The van der Waals surface area contributed by atoms with Gasteiger partial charge in [-0.3, -0.25) is 0 Å². The van der Waals surface area contributed by atoms with Crippen LogP contribution >= 0.6 is 0 Å². The van der Waals surface area contributed by atoms with Gasteiger partial charge in [-0.15, -0.1) is 0 Å². The summed E-state index contributed by atoms with van der Waals surface area (Å²) in [5.41, 5.74) is 9.84. The minimum absolute atomic E-state index is 0.423. The number of nitrogens with two attached hydrogens (primary N) is 1. The molecule has 2 aromatic carbocycles. The minimum atomic E-state index is 0.423. The lowest BCUT2D eigenvalue weighted by atomic mass is 10.1. The molecular weight excluding hydrogens is 264 g/mol. The van der Waals surface area contributed by atoms with Crippen LogP contribution in [0.5, 0.6) is 11.5 Å². The summed E-state index contributed by atoms with van der Waals surface area (Å²) in [5.74, 6) is 1.51. The van der Waals surface area contributed by atoms with Gasteiger partial charge in [0.25, 0.3) is 0 Å². The lowest BCUT2D eigenvalue weighted by Crippen LogP contribution is -2.09. The van der Waals surface area contributed by atoms with E-state index in [0.29, 0.717) is 18.0 Å². The summed E-state index contributed by atoms with van der Waals surface area (Å²) in [5, 5.41) is 0. The van der Waals surface area contributed by atoms with E-state index >= 15 is 0 Å². The quantitative estimate of drug-likeness (QED) is 0.857. The molecule has 0 radical (unpaired) electrons. The Morgan fingerprint density at radius 2 is 1.81 bits per heavy atom. The van der Waals surface area contributed by atoms with Crippen molar-refractivity contribution in [3.05, 3.63) is 47.5 Å². The van der Waals surface area contributed by atoms with Crippen molar-refractivity contribution >= 4 is 11.4 Å². The Kier molecular flexibility index (Phi) is 4.58. The molecule has 0 aromatic heterocycles. The second-order valence-electron chi connectivity index (χ2n) is 5.22. The van der Waals surface area contributed by atoms with E-state index in [-0.39, 0.29) is 0 Å². The highest BCUT2D eigenvalue weighted by molar-refractivity contribution is 5.62. The molecule has 0 aliphatic heterocycles. The predicted molar refractivity (Wildman–Crippen MR) is 87.2 cm³/mol. The van der Waals surface area contributed by atoms with Gasteiger partial charge in [0, 0.05) is 31.4 Å². The van der Waals surface area contributed by atoms with E-state index in [2.05, 4.69) is 6.07 Å². The Morgan fingerprint density at radius 1 is 1.05 bits per heavy atom. The molecule has 2 aromatic rings. The molecule has 0 fully saturated rings. The predicted octanol–water partition coefficient (Wildman–Crippen LogP) is 3.23. The number of anilines is 2. The van der Waals surface area contributed by atoms with Gasteiger partial charge < -0.3 is 20.1 Å². The standard InChI is InChI=1S/C17H22N2O2/c1-12-5-8-16(20-4)13(9-12)11-21-17-10-14(19(2)3)6-7-15(17)18/h5-10H,11,18H2,1-4H3. The van der Waals surface area contributed by atoms with Crippen LogP contribution in [-0.2, 0) is 6.61 Å². The summed E-state index contributed by atoms with van der Waals surface area (Å²) >= 11 is 0. The maximum atomic E-state index is 5.98. The smallest absolute Gasteiger partial charge is 0.144 e. The van der Waals surface area contributed by atoms with Gasteiger partial charge in [0.15, 0.2) is 0 Å². The van der Waals surface area contributed by atoms with Crippen molar-refractivity contribution in [2.75, 3.05) is 31.8 Å². The van der Waals surface area contributed by atoms with Crippen LogP contribution in [0.3, 0.4) is 0 Å². The average Bonchev–Trinajstić information content (AvgIpc) is 2.46. The zero-order valence-electron chi connectivity index (χ0n) is 13.0. The van der Waals surface area contributed by atoms with Crippen molar-refractivity contribution in [3.63, 3.8) is 0 Å². The van der Waals surface area contributed by atoms with Crippen LogP contribution in [-0.4, -0.2) is 21.2 Å². The first-order valence-corrected chi connectivity index (χ1v) is 6.84. The van der Waals surface area contributed by atoms with Crippen LogP contribution < -0.4 is 20.1 Å². The number of hydrogen-bond acceptors (Lipinski definition) is 4. The third-order valence-corrected chi connectivity index (χ3v) is 3.33. The van der Waals surface area contributed by atoms with E-state index in [4.69, 9.17) is 15.2 Å². The van der Waals surface area contributed by atoms with E-state index in [1.165, 1.54) is 5.56 Å². The van der Waals surface area contributed by atoms with E-state index in [1.807, 2.05) is 56.3 Å². The highest BCUT2D eigenvalue weighted by Gasteiger charge is 2.07. The average molecular weight is 286 g/mol. The van der Waals surface area contributed by atoms with Crippen molar-refractivity contribution < 1.29 is 9.47 Å². The molecule has 21 heavy (non-hydrogen) atoms. The van der Waals surface area contributed by atoms with Gasteiger partial charge >= 0.3 is 0 Å². The zero-order valence-corrected chi connectivity index (χ0v) is 13.0. The number of nitrogens with zero attached hydrogens (tertiary/aromatic N) is 1. The molecule has 0 amide bonds. The molecular formula is C17H22N2O2. The molecule has 2 N–H and O–H groups in total. The van der Waals surface area contributed by atoms with Gasteiger partial charge in [0.05, 0.1) is 12.8 Å². The second-order valence-corrected chi connectivity index (χ2v) is 5.22.